The van der Waals surface area contributed by atoms with Gasteiger partial charge in [0.05, 0.1) is 33.4 Å². The van der Waals surface area contributed by atoms with Crippen LogP contribution in [0.4, 0.5) is 11.4 Å². The Hall–Kier alpha value is -3.20. The van der Waals surface area contributed by atoms with Crippen molar-refractivity contribution in [1.29, 1.82) is 0 Å². The van der Waals surface area contributed by atoms with Gasteiger partial charge in [-0.05, 0) is 31.5 Å². The van der Waals surface area contributed by atoms with Gasteiger partial charge >= 0.3 is 0 Å². The van der Waals surface area contributed by atoms with E-state index in [9.17, 15) is 18.5 Å². The molecule has 8 nitrogen and oxygen atoms in total. The summed E-state index contributed by atoms with van der Waals surface area (Å²) in [5.74, 6) is 0. The molecule has 0 aliphatic rings. The van der Waals surface area contributed by atoms with Gasteiger partial charge in [0.2, 0.25) is 0 Å². The molecular formula is C18H18N4O4S. The Morgan fingerprint density at radius 3 is 2.30 bits per heavy atom. The summed E-state index contributed by atoms with van der Waals surface area (Å²) in [6.07, 6.45) is 0. The third-order valence-corrected chi connectivity index (χ3v) is 5.52. The first-order valence-corrected chi connectivity index (χ1v) is 9.61. The molecule has 0 aliphatic carbocycles. The second-order valence-corrected chi connectivity index (χ2v) is 7.73. The number of rotatable bonds is 6. The summed E-state index contributed by atoms with van der Waals surface area (Å²) in [5, 5.41) is 15.1. The van der Waals surface area contributed by atoms with Crippen molar-refractivity contribution in [2.45, 2.75) is 25.3 Å². The summed E-state index contributed by atoms with van der Waals surface area (Å²) in [6.45, 7) is 4.03. The van der Waals surface area contributed by atoms with Crippen LogP contribution in [0.15, 0.2) is 59.5 Å². The second kappa shape index (κ2) is 7.20. The molecule has 0 fully saturated rings. The van der Waals surface area contributed by atoms with E-state index in [0.717, 1.165) is 17.7 Å². The van der Waals surface area contributed by atoms with Crippen LogP contribution in [0.5, 0.6) is 0 Å². The number of sulfonamides is 1. The van der Waals surface area contributed by atoms with E-state index < -0.39 is 14.9 Å². The molecule has 3 rings (SSSR count). The monoisotopic (exact) mass is 386 g/mol. The number of benzene rings is 2. The van der Waals surface area contributed by atoms with Gasteiger partial charge in [0, 0.05) is 12.1 Å². The number of nitro groups is 1. The minimum atomic E-state index is -3.89. The van der Waals surface area contributed by atoms with Crippen molar-refractivity contribution in [1.82, 2.24) is 9.78 Å². The molecule has 0 bridgehead atoms. The molecule has 0 unspecified atom stereocenters. The molecule has 0 aliphatic heterocycles. The quantitative estimate of drug-likeness (QED) is 0.517. The van der Waals surface area contributed by atoms with Gasteiger partial charge in [-0.2, -0.15) is 5.10 Å². The van der Waals surface area contributed by atoms with E-state index in [1.165, 1.54) is 12.1 Å². The largest absolute Gasteiger partial charge is 0.276 e. The van der Waals surface area contributed by atoms with Crippen LogP contribution in [0.1, 0.15) is 17.0 Å². The molecule has 2 aromatic carbocycles. The maximum absolute atomic E-state index is 12.6. The SMILES string of the molecule is Cc1nn(Cc2ccccc2)c(C)c1NS(=O)(=O)c1ccc([N+](=O)[O-])cc1. The smallest absolute Gasteiger partial charge is 0.269 e. The van der Waals surface area contributed by atoms with Crippen LogP contribution in [0.2, 0.25) is 0 Å². The highest BCUT2D eigenvalue weighted by molar-refractivity contribution is 7.92. The van der Waals surface area contributed by atoms with Crippen molar-refractivity contribution in [2.24, 2.45) is 0 Å². The van der Waals surface area contributed by atoms with E-state index in [-0.39, 0.29) is 10.6 Å². The number of hydrogen-bond acceptors (Lipinski definition) is 5. The zero-order chi connectivity index (χ0) is 19.6. The molecule has 1 heterocycles. The summed E-state index contributed by atoms with van der Waals surface area (Å²) in [5.41, 5.74) is 2.52. The molecule has 3 aromatic rings. The van der Waals surface area contributed by atoms with Crippen LogP contribution >= 0.6 is 0 Å². The molecule has 0 atom stereocenters. The standard InChI is InChI=1S/C18H18N4O4S/c1-13-18(14(2)21(19-13)12-15-6-4-3-5-7-15)20-27(25,26)17-10-8-16(9-11-17)22(23)24/h3-11,20H,12H2,1-2H3. The number of nitrogens with zero attached hydrogens (tertiary/aromatic N) is 3. The van der Waals surface area contributed by atoms with Crippen molar-refractivity contribution in [3.8, 4) is 0 Å². The van der Waals surface area contributed by atoms with Gasteiger partial charge in [-0.3, -0.25) is 19.5 Å². The Kier molecular flexibility index (Phi) is 4.95. The van der Waals surface area contributed by atoms with Crippen molar-refractivity contribution < 1.29 is 13.3 Å². The lowest BCUT2D eigenvalue weighted by Crippen LogP contribution is -2.14. The Bertz CT molecular complexity index is 1070. The highest BCUT2D eigenvalue weighted by Gasteiger charge is 2.21. The van der Waals surface area contributed by atoms with Crippen molar-refractivity contribution >= 4 is 21.4 Å². The summed E-state index contributed by atoms with van der Waals surface area (Å²) < 4.78 is 29.6. The fourth-order valence-electron chi connectivity index (χ4n) is 2.70. The lowest BCUT2D eigenvalue weighted by Gasteiger charge is -2.09. The maximum Gasteiger partial charge on any atom is 0.269 e. The number of nitrogens with one attached hydrogen (secondary N) is 1. The molecule has 1 N–H and O–H groups in total. The summed E-state index contributed by atoms with van der Waals surface area (Å²) >= 11 is 0. The first kappa shape index (κ1) is 18.6. The van der Waals surface area contributed by atoms with E-state index in [1.54, 1.807) is 18.5 Å². The average molecular weight is 386 g/mol. The molecule has 9 heteroatoms. The van der Waals surface area contributed by atoms with Gasteiger partial charge in [0.25, 0.3) is 15.7 Å². The topological polar surface area (TPSA) is 107 Å². The third-order valence-electron chi connectivity index (χ3n) is 4.15. The fourth-order valence-corrected chi connectivity index (χ4v) is 3.87. The number of hydrogen-bond donors (Lipinski definition) is 1. The normalized spacial score (nSPS) is 11.3. The Morgan fingerprint density at radius 1 is 1.07 bits per heavy atom. The Morgan fingerprint density at radius 2 is 1.70 bits per heavy atom. The minimum Gasteiger partial charge on any atom is -0.276 e. The van der Waals surface area contributed by atoms with Crippen LogP contribution in [0.3, 0.4) is 0 Å². The molecular weight excluding hydrogens is 368 g/mol. The number of nitro benzene ring substituents is 1. The predicted molar refractivity (Wildman–Crippen MR) is 101 cm³/mol. The zero-order valence-electron chi connectivity index (χ0n) is 14.8. The van der Waals surface area contributed by atoms with Gasteiger partial charge in [0.1, 0.15) is 0 Å². The molecule has 0 radical (unpaired) electrons. The second-order valence-electron chi connectivity index (χ2n) is 6.05. The summed E-state index contributed by atoms with van der Waals surface area (Å²) in [7, 11) is -3.89. The van der Waals surface area contributed by atoms with Crippen LogP contribution in [-0.2, 0) is 16.6 Å². The predicted octanol–water partition coefficient (Wildman–Crippen LogP) is 3.26. The Balaban J connectivity index is 1.87. The van der Waals surface area contributed by atoms with E-state index in [1.807, 2.05) is 30.3 Å². The molecule has 0 spiro atoms. The van der Waals surface area contributed by atoms with Crippen molar-refractivity contribution in [3.63, 3.8) is 0 Å². The Labute approximate surface area is 156 Å². The van der Waals surface area contributed by atoms with E-state index in [4.69, 9.17) is 0 Å². The number of aromatic nitrogens is 2. The van der Waals surface area contributed by atoms with Crippen LogP contribution < -0.4 is 4.72 Å². The zero-order valence-corrected chi connectivity index (χ0v) is 15.6. The summed E-state index contributed by atoms with van der Waals surface area (Å²) in [6, 6.07) is 14.5. The van der Waals surface area contributed by atoms with Crippen LogP contribution in [-0.4, -0.2) is 23.1 Å². The fraction of sp³-hybridized carbons (Fsp3) is 0.167. The van der Waals surface area contributed by atoms with E-state index >= 15 is 0 Å². The molecule has 1 aromatic heterocycles. The summed E-state index contributed by atoms with van der Waals surface area (Å²) in [4.78, 5) is 10.1. The van der Waals surface area contributed by atoms with Gasteiger partial charge in [-0.25, -0.2) is 8.42 Å². The number of aryl methyl sites for hydroxylation is 1. The van der Waals surface area contributed by atoms with Crippen LogP contribution in [0.25, 0.3) is 0 Å². The van der Waals surface area contributed by atoms with Gasteiger partial charge in [-0.15, -0.1) is 0 Å². The third kappa shape index (κ3) is 3.98. The first-order chi connectivity index (χ1) is 12.8. The minimum absolute atomic E-state index is 0.0530. The average Bonchev–Trinajstić information content (AvgIpc) is 2.90. The molecule has 140 valence electrons. The highest BCUT2D eigenvalue weighted by Crippen LogP contribution is 2.25. The molecule has 0 saturated heterocycles. The molecule has 0 amide bonds. The molecule has 0 saturated carbocycles. The number of non-ortho nitro benzene ring substituents is 1. The lowest BCUT2D eigenvalue weighted by atomic mass is 10.2. The maximum atomic E-state index is 12.6. The van der Waals surface area contributed by atoms with E-state index in [0.29, 0.717) is 23.6 Å². The van der Waals surface area contributed by atoms with Crippen molar-refractivity contribution in [2.75, 3.05) is 4.72 Å². The highest BCUT2D eigenvalue weighted by atomic mass is 32.2. The van der Waals surface area contributed by atoms with Crippen molar-refractivity contribution in [3.05, 3.63) is 81.7 Å². The molecule has 27 heavy (non-hydrogen) atoms. The van der Waals surface area contributed by atoms with Crippen LogP contribution in [0, 0.1) is 24.0 Å². The first-order valence-electron chi connectivity index (χ1n) is 8.13. The van der Waals surface area contributed by atoms with E-state index in [2.05, 4.69) is 9.82 Å². The van der Waals surface area contributed by atoms with Gasteiger partial charge in [-0.1, -0.05) is 30.3 Å². The number of anilines is 1. The lowest BCUT2D eigenvalue weighted by molar-refractivity contribution is -0.384. The van der Waals surface area contributed by atoms with Gasteiger partial charge in [0.15, 0.2) is 0 Å². The van der Waals surface area contributed by atoms with Gasteiger partial charge < -0.3 is 0 Å².